The van der Waals surface area contributed by atoms with Crippen molar-refractivity contribution in [1.29, 1.82) is 0 Å². The zero-order valence-corrected chi connectivity index (χ0v) is 17.3. The standard InChI is InChI=1S/C23H23N3O2S/c1-25(2)12-13-26-11-10-18-19(23(26)28)7-5-8-20(18)24-22(27)14-16-15-29-21-9-4-3-6-17(16)21/h3-11,15H,12-14H2,1-2H3,(H,24,27). The largest absolute Gasteiger partial charge is 0.325 e. The number of benzene rings is 2. The third-order valence-corrected chi connectivity index (χ3v) is 6.01. The number of nitrogens with zero attached hydrogens (tertiary/aromatic N) is 2. The van der Waals surface area contributed by atoms with Crippen LogP contribution in [0.2, 0.25) is 0 Å². The van der Waals surface area contributed by atoms with Crippen molar-refractivity contribution in [1.82, 2.24) is 9.47 Å². The predicted octanol–water partition coefficient (Wildman–Crippen LogP) is 3.96. The quantitative estimate of drug-likeness (QED) is 0.528. The van der Waals surface area contributed by atoms with Crippen molar-refractivity contribution in [3.05, 3.63) is 76.0 Å². The maximum atomic E-state index is 12.8. The number of carbonyl (C=O) groups is 1. The van der Waals surface area contributed by atoms with Gasteiger partial charge in [-0.2, -0.15) is 0 Å². The number of fused-ring (bicyclic) bond motifs is 2. The molecule has 148 valence electrons. The van der Waals surface area contributed by atoms with Crippen LogP contribution in [0.5, 0.6) is 0 Å². The first-order valence-corrected chi connectivity index (χ1v) is 10.4. The van der Waals surface area contributed by atoms with Gasteiger partial charge in [-0.05, 0) is 54.7 Å². The maximum absolute atomic E-state index is 12.8. The molecule has 0 bridgehead atoms. The first-order chi connectivity index (χ1) is 14.0. The summed E-state index contributed by atoms with van der Waals surface area (Å²) in [6.07, 6.45) is 2.11. The van der Waals surface area contributed by atoms with E-state index in [1.165, 1.54) is 4.70 Å². The van der Waals surface area contributed by atoms with Gasteiger partial charge in [0.2, 0.25) is 5.91 Å². The third kappa shape index (κ3) is 4.09. The number of carbonyl (C=O) groups excluding carboxylic acids is 1. The van der Waals surface area contributed by atoms with E-state index in [2.05, 4.69) is 11.4 Å². The van der Waals surface area contributed by atoms with Gasteiger partial charge in [-0.25, -0.2) is 0 Å². The fraction of sp³-hybridized carbons (Fsp3) is 0.217. The summed E-state index contributed by atoms with van der Waals surface area (Å²) in [6, 6.07) is 15.5. The summed E-state index contributed by atoms with van der Waals surface area (Å²) in [6.45, 7) is 1.42. The molecule has 2 aromatic carbocycles. The third-order valence-electron chi connectivity index (χ3n) is 4.99. The van der Waals surface area contributed by atoms with Crippen molar-refractivity contribution in [3.8, 4) is 0 Å². The van der Waals surface area contributed by atoms with E-state index in [1.807, 2.05) is 66.8 Å². The van der Waals surface area contributed by atoms with E-state index in [0.717, 1.165) is 22.9 Å². The summed E-state index contributed by atoms with van der Waals surface area (Å²) < 4.78 is 2.89. The lowest BCUT2D eigenvalue weighted by atomic mass is 10.1. The van der Waals surface area contributed by atoms with Crippen molar-refractivity contribution in [2.24, 2.45) is 0 Å². The summed E-state index contributed by atoms with van der Waals surface area (Å²) in [4.78, 5) is 27.6. The fourth-order valence-corrected chi connectivity index (χ4v) is 4.41. The van der Waals surface area contributed by atoms with Crippen LogP contribution in [0, 0.1) is 0 Å². The molecule has 0 unspecified atom stereocenters. The van der Waals surface area contributed by atoms with Crippen molar-refractivity contribution in [2.45, 2.75) is 13.0 Å². The molecule has 2 heterocycles. The van der Waals surface area contributed by atoms with Crippen LogP contribution >= 0.6 is 11.3 Å². The van der Waals surface area contributed by atoms with E-state index in [-0.39, 0.29) is 11.5 Å². The minimum atomic E-state index is -0.0853. The number of aromatic nitrogens is 1. The van der Waals surface area contributed by atoms with Gasteiger partial charge in [-0.3, -0.25) is 9.59 Å². The molecule has 0 aliphatic rings. The summed E-state index contributed by atoms with van der Waals surface area (Å²) in [5.41, 5.74) is 1.66. The highest BCUT2D eigenvalue weighted by Crippen LogP contribution is 2.27. The summed E-state index contributed by atoms with van der Waals surface area (Å²) in [5.74, 6) is -0.0853. The Morgan fingerprint density at radius 3 is 2.66 bits per heavy atom. The average Bonchev–Trinajstić information content (AvgIpc) is 3.11. The first kappa shape index (κ1) is 19.4. The average molecular weight is 406 g/mol. The molecule has 0 fully saturated rings. The molecule has 0 saturated heterocycles. The molecule has 1 amide bonds. The van der Waals surface area contributed by atoms with Gasteiger partial charge in [-0.15, -0.1) is 11.3 Å². The molecule has 5 nitrogen and oxygen atoms in total. The minimum Gasteiger partial charge on any atom is -0.325 e. The lowest BCUT2D eigenvalue weighted by Gasteiger charge is -2.13. The van der Waals surface area contributed by atoms with Crippen LogP contribution in [0.3, 0.4) is 0 Å². The molecule has 1 N–H and O–H groups in total. The molecule has 0 saturated carbocycles. The van der Waals surface area contributed by atoms with Crippen LogP contribution in [0.4, 0.5) is 5.69 Å². The van der Waals surface area contributed by atoms with Crippen molar-refractivity contribution in [2.75, 3.05) is 26.0 Å². The molecule has 0 atom stereocenters. The molecule has 0 aliphatic heterocycles. The van der Waals surface area contributed by atoms with Crippen LogP contribution < -0.4 is 10.9 Å². The molecular weight excluding hydrogens is 382 g/mol. The van der Waals surface area contributed by atoms with Gasteiger partial charge in [0.15, 0.2) is 0 Å². The second kappa shape index (κ2) is 8.19. The predicted molar refractivity (Wildman–Crippen MR) is 121 cm³/mol. The van der Waals surface area contributed by atoms with Crippen LogP contribution in [0.1, 0.15) is 5.56 Å². The zero-order chi connectivity index (χ0) is 20.4. The molecule has 29 heavy (non-hydrogen) atoms. The molecular formula is C23H23N3O2S. The number of amides is 1. The highest BCUT2D eigenvalue weighted by molar-refractivity contribution is 7.17. The summed E-state index contributed by atoms with van der Waals surface area (Å²) in [5, 5.41) is 7.53. The normalized spacial score (nSPS) is 11.4. The van der Waals surface area contributed by atoms with Gasteiger partial charge < -0.3 is 14.8 Å². The van der Waals surface area contributed by atoms with Crippen molar-refractivity contribution in [3.63, 3.8) is 0 Å². The van der Waals surface area contributed by atoms with Gasteiger partial charge in [-0.1, -0.05) is 24.3 Å². The number of nitrogens with one attached hydrogen (secondary N) is 1. The van der Waals surface area contributed by atoms with Crippen molar-refractivity contribution >= 4 is 43.8 Å². The maximum Gasteiger partial charge on any atom is 0.258 e. The Balaban J connectivity index is 1.58. The fourth-order valence-electron chi connectivity index (χ4n) is 3.45. The number of rotatable bonds is 6. The van der Waals surface area contributed by atoms with Crippen LogP contribution in [-0.2, 0) is 17.8 Å². The van der Waals surface area contributed by atoms with E-state index in [4.69, 9.17) is 0 Å². The highest BCUT2D eigenvalue weighted by atomic mass is 32.1. The van der Waals surface area contributed by atoms with E-state index in [9.17, 15) is 9.59 Å². The Kier molecular flexibility index (Phi) is 5.47. The molecule has 0 radical (unpaired) electrons. The Morgan fingerprint density at radius 1 is 1.03 bits per heavy atom. The van der Waals surface area contributed by atoms with E-state index < -0.39 is 0 Å². The zero-order valence-electron chi connectivity index (χ0n) is 16.5. The smallest absolute Gasteiger partial charge is 0.258 e. The van der Waals surface area contributed by atoms with Gasteiger partial charge in [0, 0.05) is 40.4 Å². The summed E-state index contributed by atoms with van der Waals surface area (Å²) >= 11 is 1.65. The van der Waals surface area contributed by atoms with Gasteiger partial charge >= 0.3 is 0 Å². The number of hydrogen-bond acceptors (Lipinski definition) is 4. The highest BCUT2D eigenvalue weighted by Gasteiger charge is 2.12. The Bertz CT molecular complexity index is 1240. The number of thiophene rings is 1. The number of anilines is 1. The van der Waals surface area contributed by atoms with E-state index >= 15 is 0 Å². The Hall–Kier alpha value is -2.96. The van der Waals surface area contributed by atoms with E-state index in [1.54, 1.807) is 22.1 Å². The lowest BCUT2D eigenvalue weighted by Crippen LogP contribution is -2.26. The molecule has 6 heteroatoms. The van der Waals surface area contributed by atoms with Gasteiger partial charge in [0.25, 0.3) is 5.56 Å². The second-order valence-corrected chi connectivity index (χ2v) is 8.28. The monoisotopic (exact) mass is 405 g/mol. The minimum absolute atomic E-state index is 0.0377. The van der Waals surface area contributed by atoms with Crippen LogP contribution in [0.15, 0.2) is 64.9 Å². The number of pyridine rings is 1. The molecule has 4 rings (SSSR count). The van der Waals surface area contributed by atoms with Gasteiger partial charge in [0.05, 0.1) is 6.42 Å². The molecule has 0 spiro atoms. The van der Waals surface area contributed by atoms with Gasteiger partial charge in [0.1, 0.15) is 0 Å². The lowest BCUT2D eigenvalue weighted by molar-refractivity contribution is -0.115. The second-order valence-electron chi connectivity index (χ2n) is 7.37. The van der Waals surface area contributed by atoms with Crippen molar-refractivity contribution < 1.29 is 4.79 Å². The molecule has 2 aromatic heterocycles. The first-order valence-electron chi connectivity index (χ1n) is 9.55. The van der Waals surface area contributed by atoms with E-state index in [0.29, 0.717) is 24.0 Å². The van der Waals surface area contributed by atoms with Crippen LogP contribution in [0.25, 0.3) is 20.9 Å². The molecule has 4 aromatic rings. The number of likely N-dealkylation sites (N-methyl/N-ethyl adjacent to an activating group) is 1. The SMILES string of the molecule is CN(C)CCn1ccc2c(NC(=O)Cc3csc4ccccc34)cccc2c1=O. The Labute approximate surface area is 173 Å². The molecule has 0 aliphatic carbocycles. The Morgan fingerprint density at radius 2 is 1.83 bits per heavy atom. The number of hydrogen-bond donors (Lipinski definition) is 1. The topological polar surface area (TPSA) is 54.3 Å². The van der Waals surface area contributed by atoms with Crippen LogP contribution in [-0.4, -0.2) is 36.0 Å². The summed E-state index contributed by atoms with van der Waals surface area (Å²) in [7, 11) is 3.97.